The van der Waals surface area contributed by atoms with Crippen LogP contribution in [0.4, 0.5) is 18.9 Å². The predicted molar refractivity (Wildman–Crippen MR) is 84.2 cm³/mol. The van der Waals surface area contributed by atoms with Crippen LogP contribution >= 0.6 is 11.6 Å². The van der Waals surface area contributed by atoms with Gasteiger partial charge in [0.15, 0.2) is 5.15 Å². The van der Waals surface area contributed by atoms with E-state index in [1.54, 1.807) is 31.5 Å². The molecular weight excluding hydrogens is 345 g/mol. The number of alkyl halides is 3. The van der Waals surface area contributed by atoms with E-state index in [9.17, 15) is 18.0 Å². The highest BCUT2D eigenvalue weighted by Crippen LogP contribution is 2.31. The zero-order valence-electron chi connectivity index (χ0n) is 13.1. The molecule has 1 amide bonds. The van der Waals surface area contributed by atoms with Crippen molar-refractivity contribution in [3.8, 4) is 5.69 Å². The van der Waals surface area contributed by atoms with Gasteiger partial charge in [-0.15, -0.1) is 0 Å². The molecule has 24 heavy (non-hydrogen) atoms. The zero-order valence-corrected chi connectivity index (χ0v) is 13.8. The average Bonchev–Trinajstić information content (AvgIpc) is 2.90. The molecule has 130 valence electrons. The number of aromatic nitrogens is 3. The van der Waals surface area contributed by atoms with E-state index in [2.05, 4.69) is 10.1 Å². The fraction of sp³-hybridized carbons (Fsp3) is 0.400. The van der Waals surface area contributed by atoms with Crippen LogP contribution in [-0.2, 0) is 4.79 Å². The van der Waals surface area contributed by atoms with Crippen LogP contribution < -0.4 is 4.90 Å². The number of hydrogen-bond donors (Lipinski definition) is 0. The summed E-state index contributed by atoms with van der Waals surface area (Å²) in [5, 5.41) is 4.12. The van der Waals surface area contributed by atoms with Crippen LogP contribution in [-0.4, -0.2) is 33.4 Å². The first-order valence-electron chi connectivity index (χ1n) is 7.26. The molecule has 0 aliphatic carbocycles. The van der Waals surface area contributed by atoms with E-state index in [0.717, 1.165) is 6.92 Å². The third kappa shape index (κ3) is 4.05. The van der Waals surface area contributed by atoms with Gasteiger partial charge in [-0.25, -0.2) is 4.68 Å². The van der Waals surface area contributed by atoms with Gasteiger partial charge < -0.3 is 4.90 Å². The van der Waals surface area contributed by atoms with E-state index in [1.165, 1.54) is 15.8 Å². The highest BCUT2D eigenvalue weighted by molar-refractivity contribution is 6.32. The molecule has 2 rings (SSSR count). The molecule has 0 radical (unpaired) electrons. The number of carbonyl (C=O) groups is 1. The van der Waals surface area contributed by atoms with Crippen molar-refractivity contribution in [3.63, 3.8) is 0 Å². The minimum atomic E-state index is -4.42. The van der Waals surface area contributed by atoms with Crippen molar-refractivity contribution in [1.29, 1.82) is 0 Å². The highest BCUT2D eigenvalue weighted by atomic mass is 35.5. The molecule has 9 heteroatoms. The average molecular weight is 361 g/mol. The lowest BCUT2D eigenvalue weighted by Crippen LogP contribution is -2.34. The molecule has 0 N–H and O–H groups in total. The van der Waals surface area contributed by atoms with Crippen LogP contribution in [0.1, 0.15) is 20.3 Å². The summed E-state index contributed by atoms with van der Waals surface area (Å²) in [5.74, 6) is -2.39. The van der Waals surface area contributed by atoms with Gasteiger partial charge in [-0.2, -0.15) is 18.3 Å². The summed E-state index contributed by atoms with van der Waals surface area (Å²) < 4.78 is 39.4. The quantitative estimate of drug-likeness (QED) is 0.813. The molecule has 2 aromatic rings. The van der Waals surface area contributed by atoms with Crippen molar-refractivity contribution < 1.29 is 18.0 Å². The van der Waals surface area contributed by atoms with Crippen LogP contribution in [0.25, 0.3) is 5.69 Å². The fourth-order valence-electron chi connectivity index (χ4n) is 2.12. The summed E-state index contributed by atoms with van der Waals surface area (Å²) in [5.41, 5.74) is 0.889. The number of halogens is 4. The van der Waals surface area contributed by atoms with Crippen LogP contribution in [0.3, 0.4) is 0 Å². The monoisotopic (exact) mass is 360 g/mol. The van der Waals surface area contributed by atoms with Crippen molar-refractivity contribution >= 4 is 23.2 Å². The molecule has 2 aromatic heterocycles. The Hall–Kier alpha value is -2.09. The normalized spacial score (nSPS) is 12.9. The zero-order chi connectivity index (χ0) is 17.9. The molecule has 0 aromatic carbocycles. The van der Waals surface area contributed by atoms with Gasteiger partial charge in [-0.3, -0.25) is 9.78 Å². The minimum absolute atomic E-state index is 0.0358. The lowest BCUT2D eigenvalue weighted by molar-refractivity contribution is -0.173. The van der Waals surface area contributed by atoms with E-state index in [-0.39, 0.29) is 17.4 Å². The molecule has 5 nitrogen and oxygen atoms in total. The third-order valence-corrected chi connectivity index (χ3v) is 3.78. The second kappa shape index (κ2) is 7.21. The molecule has 0 spiro atoms. The summed E-state index contributed by atoms with van der Waals surface area (Å²) >= 11 is 6.07. The van der Waals surface area contributed by atoms with E-state index < -0.39 is 24.4 Å². The Morgan fingerprint density at radius 3 is 2.71 bits per heavy atom. The highest BCUT2D eigenvalue weighted by Gasteiger charge is 2.38. The van der Waals surface area contributed by atoms with Gasteiger partial charge in [0.25, 0.3) is 0 Å². The first-order valence-corrected chi connectivity index (χ1v) is 7.64. The van der Waals surface area contributed by atoms with Gasteiger partial charge in [0.2, 0.25) is 5.91 Å². The Labute approximate surface area is 142 Å². The van der Waals surface area contributed by atoms with E-state index >= 15 is 0 Å². The van der Waals surface area contributed by atoms with Gasteiger partial charge >= 0.3 is 6.18 Å². The molecule has 1 unspecified atom stereocenters. The lowest BCUT2D eigenvalue weighted by Gasteiger charge is -2.22. The minimum Gasteiger partial charge on any atom is -0.308 e. The van der Waals surface area contributed by atoms with Crippen LogP contribution in [0.15, 0.2) is 30.7 Å². The molecule has 0 fully saturated rings. The Morgan fingerprint density at radius 2 is 2.17 bits per heavy atom. The maximum absolute atomic E-state index is 12.7. The van der Waals surface area contributed by atoms with Crippen molar-refractivity contribution in [1.82, 2.24) is 14.8 Å². The molecule has 0 bridgehead atoms. The van der Waals surface area contributed by atoms with E-state index in [4.69, 9.17) is 11.6 Å². The van der Waals surface area contributed by atoms with Gasteiger partial charge in [-0.05, 0) is 19.1 Å². The van der Waals surface area contributed by atoms with Crippen molar-refractivity contribution in [2.45, 2.75) is 26.4 Å². The summed E-state index contributed by atoms with van der Waals surface area (Å²) in [6, 6.07) is 3.45. The number of amides is 1. The number of anilines is 1. The molecule has 0 saturated carbocycles. The molecule has 0 aliphatic rings. The van der Waals surface area contributed by atoms with Gasteiger partial charge in [0, 0.05) is 19.2 Å². The SMILES string of the molecule is CCN(C(=O)CC(C)C(F)(F)F)c1cn(-c2cccnc2)nc1Cl. The number of rotatable bonds is 5. The van der Waals surface area contributed by atoms with E-state index in [1.807, 2.05) is 0 Å². The topological polar surface area (TPSA) is 51.0 Å². The Bertz CT molecular complexity index is 702. The molecule has 0 aliphatic heterocycles. The predicted octanol–water partition coefficient (Wildman–Crippen LogP) is 3.86. The second-order valence-electron chi connectivity index (χ2n) is 5.25. The second-order valence-corrected chi connectivity index (χ2v) is 5.60. The number of carbonyl (C=O) groups excluding carboxylic acids is 1. The maximum atomic E-state index is 12.7. The van der Waals surface area contributed by atoms with Crippen LogP contribution in [0.2, 0.25) is 5.15 Å². The summed E-state index contributed by atoms with van der Waals surface area (Å²) in [7, 11) is 0. The Balaban J connectivity index is 2.25. The number of hydrogen-bond acceptors (Lipinski definition) is 3. The molecule has 0 saturated heterocycles. The number of nitrogens with zero attached hydrogens (tertiary/aromatic N) is 4. The van der Waals surface area contributed by atoms with Crippen LogP contribution in [0.5, 0.6) is 0 Å². The standard InChI is InChI=1S/C15H16ClF3N4O/c1-3-22(13(24)7-10(2)15(17,18)19)12-9-23(21-14(12)16)11-5-4-6-20-8-11/h4-6,8-10H,3,7H2,1-2H3. The van der Waals surface area contributed by atoms with Crippen molar-refractivity contribution in [3.05, 3.63) is 35.9 Å². The number of pyridine rings is 1. The molecule has 2 heterocycles. The summed E-state index contributed by atoms with van der Waals surface area (Å²) in [6.07, 6.45) is -0.420. The third-order valence-electron chi connectivity index (χ3n) is 3.51. The summed E-state index contributed by atoms with van der Waals surface area (Å²) in [4.78, 5) is 17.4. The summed E-state index contributed by atoms with van der Waals surface area (Å²) in [6.45, 7) is 2.82. The van der Waals surface area contributed by atoms with E-state index in [0.29, 0.717) is 5.69 Å². The van der Waals surface area contributed by atoms with Crippen molar-refractivity contribution in [2.75, 3.05) is 11.4 Å². The lowest BCUT2D eigenvalue weighted by atomic mass is 10.1. The fourth-order valence-corrected chi connectivity index (χ4v) is 2.35. The molecular formula is C15H16ClF3N4O. The first kappa shape index (κ1) is 18.3. The smallest absolute Gasteiger partial charge is 0.308 e. The largest absolute Gasteiger partial charge is 0.392 e. The Kier molecular flexibility index (Phi) is 5.48. The molecule has 1 atom stereocenters. The van der Waals surface area contributed by atoms with Gasteiger partial charge in [-0.1, -0.05) is 18.5 Å². The van der Waals surface area contributed by atoms with Crippen molar-refractivity contribution in [2.24, 2.45) is 5.92 Å². The first-order chi connectivity index (χ1) is 11.2. The maximum Gasteiger partial charge on any atom is 0.392 e. The van der Waals surface area contributed by atoms with Gasteiger partial charge in [0.1, 0.15) is 5.69 Å². The van der Waals surface area contributed by atoms with Gasteiger partial charge in [0.05, 0.1) is 24.0 Å². The van der Waals surface area contributed by atoms with Crippen LogP contribution in [0, 0.1) is 5.92 Å². The Morgan fingerprint density at radius 1 is 1.46 bits per heavy atom.